The van der Waals surface area contributed by atoms with Gasteiger partial charge in [-0.25, -0.2) is 4.99 Å². The Hall–Kier alpha value is -1.67. The summed E-state index contributed by atoms with van der Waals surface area (Å²) < 4.78 is 12.4. The van der Waals surface area contributed by atoms with Crippen molar-refractivity contribution in [3.8, 4) is 0 Å². The highest BCUT2D eigenvalue weighted by molar-refractivity contribution is 5.80. The second-order valence-corrected chi connectivity index (χ2v) is 6.20. The van der Waals surface area contributed by atoms with Crippen molar-refractivity contribution in [1.29, 1.82) is 0 Å². The van der Waals surface area contributed by atoms with Crippen LogP contribution in [-0.2, 0) is 23.1 Å². The average molecular weight is 338 g/mol. The van der Waals surface area contributed by atoms with Crippen molar-refractivity contribution in [1.82, 2.24) is 25.4 Å². The van der Waals surface area contributed by atoms with Gasteiger partial charge in [0.1, 0.15) is 12.4 Å². The lowest BCUT2D eigenvalue weighted by Crippen LogP contribution is -2.46. The smallest absolute Gasteiger partial charge is 0.192 e. The molecule has 1 saturated carbocycles. The van der Waals surface area contributed by atoms with Gasteiger partial charge < -0.3 is 24.7 Å². The van der Waals surface area contributed by atoms with Gasteiger partial charge in [-0.3, -0.25) is 0 Å². The molecule has 1 heterocycles. The highest BCUT2D eigenvalue weighted by atomic mass is 16.5. The Kier molecular flexibility index (Phi) is 7.45. The summed E-state index contributed by atoms with van der Waals surface area (Å²) in [6.07, 6.45) is 3.43. The molecule has 0 aromatic carbocycles. The first-order valence-corrected chi connectivity index (χ1v) is 8.53. The predicted molar refractivity (Wildman–Crippen MR) is 92.9 cm³/mol. The fourth-order valence-electron chi connectivity index (χ4n) is 2.46. The number of guanidine groups is 1. The number of ether oxygens (including phenoxy) is 2. The number of rotatable bonds is 10. The third kappa shape index (κ3) is 5.76. The van der Waals surface area contributed by atoms with Gasteiger partial charge >= 0.3 is 0 Å². The van der Waals surface area contributed by atoms with Gasteiger partial charge in [-0.1, -0.05) is 0 Å². The van der Waals surface area contributed by atoms with Gasteiger partial charge in [-0.15, -0.1) is 10.2 Å². The number of hydrogen-bond donors (Lipinski definition) is 2. The Labute approximate surface area is 144 Å². The summed E-state index contributed by atoms with van der Waals surface area (Å²) in [7, 11) is 5.41. The molecule has 1 unspecified atom stereocenters. The van der Waals surface area contributed by atoms with E-state index in [-0.39, 0.29) is 0 Å². The van der Waals surface area contributed by atoms with Crippen molar-refractivity contribution in [3.05, 3.63) is 11.6 Å². The SMILES string of the molecule is COCCCNC(=NCc1nnc(C)n1C)NC(COC)C1CC1. The fourth-order valence-corrected chi connectivity index (χ4v) is 2.46. The first-order chi connectivity index (χ1) is 11.7. The van der Waals surface area contributed by atoms with Crippen LogP contribution in [0.15, 0.2) is 4.99 Å². The molecule has 1 aliphatic carbocycles. The number of aryl methyl sites for hydroxylation is 1. The van der Waals surface area contributed by atoms with E-state index in [0.29, 0.717) is 25.1 Å². The molecule has 8 nitrogen and oxygen atoms in total. The highest BCUT2D eigenvalue weighted by Crippen LogP contribution is 2.32. The second-order valence-electron chi connectivity index (χ2n) is 6.20. The Bertz CT molecular complexity index is 527. The third-order valence-corrected chi connectivity index (χ3v) is 4.24. The standard InChI is InChI=1S/C16H30N6O2/c1-12-20-21-15(22(12)2)10-18-16(17-8-5-9-23-3)19-14(11-24-4)13-6-7-13/h13-14H,5-11H2,1-4H3,(H2,17,18,19). The summed E-state index contributed by atoms with van der Waals surface area (Å²) in [5, 5.41) is 15.1. The molecule has 0 aliphatic heterocycles. The number of nitrogens with zero attached hydrogens (tertiary/aromatic N) is 4. The van der Waals surface area contributed by atoms with E-state index in [2.05, 4.69) is 25.8 Å². The fraction of sp³-hybridized carbons (Fsp3) is 0.812. The number of methoxy groups -OCH3 is 2. The van der Waals surface area contributed by atoms with Gasteiger partial charge in [-0.2, -0.15) is 0 Å². The van der Waals surface area contributed by atoms with Crippen molar-refractivity contribution >= 4 is 5.96 Å². The summed E-state index contributed by atoms with van der Waals surface area (Å²) in [4.78, 5) is 4.67. The lowest BCUT2D eigenvalue weighted by atomic mass is 10.2. The van der Waals surface area contributed by atoms with Crippen LogP contribution in [0.1, 0.15) is 30.9 Å². The monoisotopic (exact) mass is 338 g/mol. The lowest BCUT2D eigenvalue weighted by molar-refractivity contribution is 0.165. The number of aromatic nitrogens is 3. The van der Waals surface area contributed by atoms with E-state index in [1.165, 1.54) is 12.8 Å². The molecule has 0 bridgehead atoms. The molecule has 1 atom stereocenters. The topological polar surface area (TPSA) is 85.6 Å². The molecule has 1 aromatic rings. The summed E-state index contributed by atoms with van der Waals surface area (Å²) in [5.74, 6) is 3.20. The van der Waals surface area contributed by atoms with E-state index in [9.17, 15) is 0 Å². The minimum absolute atomic E-state index is 0.296. The Morgan fingerprint density at radius 2 is 2.12 bits per heavy atom. The number of nitrogens with one attached hydrogen (secondary N) is 2. The van der Waals surface area contributed by atoms with Crippen molar-refractivity contribution in [3.63, 3.8) is 0 Å². The molecule has 1 aliphatic rings. The molecule has 8 heteroatoms. The summed E-state index contributed by atoms with van der Waals surface area (Å²) >= 11 is 0. The van der Waals surface area contributed by atoms with Crippen LogP contribution < -0.4 is 10.6 Å². The van der Waals surface area contributed by atoms with Crippen LogP contribution in [0.5, 0.6) is 0 Å². The molecule has 0 spiro atoms. The van der Waals surface area contributed by atoms with E-state index in [1.807, 2.05) is 18.5 Å². The molecule has 0 saturated heterocycles. The van der Waals surface area contributed by atoms with E-state index in [1.54, 1.807) is 14.2 Å². The summed E-state index contributed by atoms with van der Waals surface area (Å²) in [5.41, 5.74) is 0. The largest absolute Gasteiger partial charge is 0.385 e. The van der Waals surface area contributed by atoms with E-state index in [4.69, 9.17) is 9.47 Å². The number of hydrogen-bond acceptors (Lipinski definition) is 5. The first kappa shape index (κ1) is 18.7. The van der Waals surface area contributed by atoms with Crippen LogP contribution >= 0.6 is 0 Å². The highest BCUT2D eigenvalue weighted by Gasteiger charge is 2.31. The first-order valence-electron chi connectivity index (χ1n) is 8.53. The Balaban J connectivity index is 1.97. The van der Waals surface area contributed by atoms with Crippen LogP contribution in [0.4, 0.5) is 0 Å². The minimum atomic E-state index is 0.296. The maximum atomic E-state index is 5.34. The van der Waals surface area contributed by atoms with Gasteiger partial charge in [0, 0.05) is 34.4 Å². The van der Waals surface area contributed by atoms with Crippen LogP contribution in [0.3, 0.4) is 0 Å². The van der Waals surface area contributed by atoms with Gasteiger partial charge in [-0.05, 0) is 32.1 Å². The maximum Gasteiger partial charge on any atom is 0.192 e. The molecule has 0 amide bonds. The molecule has 1 fully saturated rings. The van der Waals surface area contributed by atoms with Crippen LogP contribution in [0, 0.1) is 12.8 Å². The molecular formula is C16H30N6O2. The predicted octanol–water partition coefficient (Wildman–Crippen LogP) is 0.620. The molecular weight excluding hydrogens is 308 g/mol. The summed E-state index contributed by atoms with van der Waals surface area (Å²) in [6, 6.07) is 0.296. The summed E-state index contributed by atoms with van der Waals surface area (Å²) in [6.45, 7) is 4.65. The Morgan fingerprint density at radius 1 is 1.33 bits per heavy atom. The molecule has 0 radical (unpaired) electrons. The lowest BCUT2D eigenvalue weighted by Gasteiger charge is -2.21. The zero-order chi connectivity index (χ0) is 17.4. The van der Waals surface area contributed by atoms with E-state index < -0.39 is 0 Å². The molecule has 1 aromatic heterocycles. The van der Waals surface area contributed by atoms with Crippen molar-refractivity contribution in [2.45, 2.75) is 38.8 Å². The van der Waals surface area contributed by atoms with Crippen LogP contribution in [0.25, 0.3) is 0 Å². The zero-order valence-electron chi connectivity index (χ0n) is 15.2. The van der Waals surface area contributed by atoms with E-state index in [0.717, 1.165) is 37.2 Å². The normalized spacial score (nSPS) is 16.2. The number of aliphatic imine (C=N–C) groups is 1. The van der Waals surface area contributed by atoms with Crippen molar-refractivity contribution in [2.75, 3.05) is 34.0 Å². The van der Waals surface area contributed by atoms with Crippen LogP contribution in [0.2, 0.25) is 0 Å². The van der Waals surface area contributed by atoms with E-state index >= 15 is 0 Å². The van der Waals surface area contributed by atoms with Crippen molar-refractivity contribution in [2.24, 2.45) is 18.0 Å². The van der Waals surface area contributed by atoms with Crippen molar-refractivity contribution < 1.29 is 9.47 Å². The maximum absolute atomic E-state index is 5.34. The third-order valence-electron chi connectivity index (χ3n) is 4.24. The quantitative estimate of drug-likeness (QED) is 0.370. The second kappa shape index (κ2) is 9.58. The molecule has 2 rings (SSSR count). The molecule has 2 N–H and O–H groups in total. The van der Waals surface area contributed by atoms with Gasteiger partial charge in [0.05, 0.1) is 12.6 Å². The minimum Gasteiger partial charge on any atom is -0.385 e. The van der Waals surface area contributed by atoms with Crippen LogP contribution in [-0.4, -0.2) is 60.7 Å². The zero-order valence-corrected chi connectivity index (χ0v) is 15.2. The van der Waals surface area contributed by atoms with Gasteiger partial charge in [0.15, 0.2) is 11.8 Å². The molecule has 24 heavy (non-hydrogen) atoms. The van der Waals surface area contributed by atoms with Gasteiger partial charge in [0.25, 0.3) is 0 Å². The Morgan fingerprint density at radius 3 is 2.71 bits per heavy atom. The average Bonchev–Trinajstić information content (AvgIpc) is 3.37. The van der Waals surface area contributed by atoms with Gasteiger partial charge in [0.2, 0.25) is 0 Å². The molecule has 136 valence electrons.